The first-order valence-electron chi connectivity index (χ1n) is 5.77. The van der Waals surface area contributed by atoms with Crippen molar-refractivity contribution >= 4 is 11.9 Å². The Hall–Kier alpha value is -1.68. The summed E-state index contributed by atoms with van der Waals surface area (Å²) in [4.78, 5) is 22.2. The van der Waals surface area contributed by atoms with Crippen LogP contribution in [0.25, 0.3) is 0 Å². The van der Waals surface area contributed by atoms with Crippen molar-refractivity contribution in [2.75, 3.05) is 6.54 Å². The number of benzene rings is 1. The van der Waals surface area contributed by atoms with Gasteiger partial charge in [-0.3, -0.25) is 4.79 Å². The molecule has 1 atom stereocenters. The Kier molecular flexibility index (Phi) is 3.88. The number of carbonyl (C=O) groups excluding carboxylic acids is 2. The van der Waals surface area contributed by atoms with Gasteiger partial charge in [0.15, 0.2) is 0 Å². The fourth-order valence-electron chi connectivity index (χ4n) is 1.84. The van der Waals surface area contributed by atoms with E-state index in [1.54, 1.807) is 0 Å². The van der Waals surface area contributed by atoms with Gasteiger partial charge in [-0.15, -0.1) is 0 Å². The van der Waals surface area contributed by atoms with Crippen LogP contribution in [0.4, 0.5) is 0 Å². The fraction of sp³-hybridized carbons (Fsp3) is 0.385. The summed E-state index contributed by atoms with van der Waals surface area (Å²) in [5, 5.41) is 3.11. The standard InChI is InChI=1S/C13H15NO3/c15-12-7-6-11(13(16)17-12)14-9-8-10-4-2-1-3-5-10/h1-5,11,14H,6-9H2. The lowest BCUT2D eigenvalue weighted by Crippen LogP contribution is -2.43. The van der Waals surface area contributed by atoms with Crippen molar-refractivity contribution in [3.63, 3.8) is 0 Å². The van der Waals surface area contributed by atoms with Crippen LogP contribution in [0.1, 0.15) is 18.4 Å². The molecule has 2 rings (SSSR count). The third kappa shape index (κ3) is 3.39. The molecule has 1 unspecified atom stereocenters. The zero-order valence-electron chi connectivity index (χ0n) is 9.52. The van der Waals surface area contributed by atoms with Gasteiger partial charge >= 0.3 is 11.9 Å². The van der Waals surface area contributed by atoms with Gasteiger partial charge in [-0.25, -0.2) is 4.79 Å². The first-order chi connectivity index (χ1) is 8.25. The van der Waals surface area contributed by atoms with Crippen LogP contribution in [0.3, 0.4) is 0 Å². The number of esters is 2. The highest BCUT2D eigenvalue weighted by Gasteiger charge is 2.28. The molecule has 1 fully saturated rings. The highest BCUT2D eigenvalue weighted by molar-refractivity contribution is 5.91. The molecule has 1 aliphatic heterocycles. The maximum atomic E-state index is 11.3. The average molecular weight is 233 g/mol. The van der Waals surface area contributed by atoms with Crippen LogP contribution in [0.2, 0.25) is 0 Å². The molecule has 1 aromatic rings. The Morgan fingerprint density at radius 1 is 1.24 bits per heavy atom. The molecule has 0 aliphatic carbocycles. The molecule has 1 aromatic carbocycles. The number of hydrogen-bond acceptors (Lipinski definition) is 4. The minimum absolute atomic E-state index is 0.314. The first kappa shape index (κ1) is 11.8. The third-order valence-electron chi connectivity index (χ3n) is 2.78. The van der Waals surface area contributed by atoms with Crippen LogP contribution in [-0.2, 0) is 20.7 Å². The predicted molar refractivity (Wildman–Crippen MR) is 62.3 cm³/mol. The maximum Gasteiger partial charge on any atom is 0.330 e. The van der Waals surface area contributed by atoms with Crippen LogP contribution < -0.4 is 5.32 Å². The van der Waals surface area contributed by atoms with Gasteiger partial charge in [0.25, 0.3) is 0 Å². The van der Waals surface area contributed by atoms with Crippen molar-refractivity contribution in [3.8, 4) is 0 Å². The van der Waals surface area contributed by atoms with Gasteiger partial charge in [-0.05, 0) is 24.9 Å². The molecule has 4 nitrogen and oxygen atoms in total. The summed E-state index contributed by atoms with van der Waals surface area (Å²) in [5.74, 6) is -0.870. The van der Waals surface area contributed by atoms with Crippen molar-refractivity contribution in [1.29, 1.82) is 0 Å². The Morgan fingerprint density at radius 3 is 2.71 bits per heavy atom. The van der Waals surface area contributed by atoms with Crippen molar-refractivity contribution in [2.45, 2.75) is 25.3 Å². The molecular weight excluding hydrogens is 218 g/mol. The zero-order chi connectivity index (χ0) is 12.1. The summed E-state index contributed by atoms with van der Waals surface area (Å²) >= 11 is 0. The van der Waals surface area contributed by atoms with E-state index in [-0.39, 0.29) is 6.04 Å². The number of rotatable bonds is 4. The smallest absolute Gasteiger partial charge is 0.330 e. The predicted octanol–water partition coefficient (Wildman–Crippen LogP) is 1.05. The molecule has 0 saturated carbocycles. The molecule has 0 spiro atoms. The van der Waals surface area contributed by atoms with Crippen LogP contribution >= 0.6 is 0 Å². The number of hydrogen-bond donors (Lipinski definition) is 1. The molecule has 1 N–H and O–H groups in total. The topological polar surface area (TPSA) is 55.4 Å². The molecular formula is C13H15NO3. The average Bonchev–Trinajstić information content (AvgIpc) is 2.33. The lowest BCUT2D eigenvalue weighted by Gasteiger charge is -2.20. The van der Waals surface area contributed by atoms with Gasteiger partial charge in [-0.2, -0.15) is 0 Å². The van der Waals surface area contributed by atoms with Crippen molar-refractivity contribution in [1.82, 2.24) is 5.32 Å². The maximum absolute atomic E-state index is 11.3. The normalized spacial score (nSPS) is 20.1. The summed E-state index contributed by atoms with van der Waals surface area (Å²) in [6.07, 6.45) is 1.71. The Morgan fingerprint density at radius 2 is 2.00 bits per heavy atom. The Balaban J connectivity index is 1.75. The van der Waals surface area contributed by atoms with E-state index in [4.69, 9.17) is 0 Å². The van der Waals surface area contributed by atoms with E-state index >= 15 is 0 Å². The third-order valence-corrected chi connectivity index (χ3v) is 2.78. The van der Waals surface area contributed by atoms with Crippen molar-refractivity contribution in [2.24, 2.45) is 0 Å². The van der Waals surface area contributed by atoms with E-state index < -0.39 is 11.9 Å². The van der Waals surface area contributed by atoms with Crippen molar-refractivity contribution < 1.29 is 14.3 Å². The van der Waals surface area contributed by atoms with Gasteiger partial charge in [0.2, 0.25) is 0 Å². The van der Waals surface area contributed by atoms with Crippen LogP contribution in [-0.4, -0.2) is 24.5 Å². The largest absolute Gasteiger partial charge is 0.392 e. The van der Waals surface area contributed by atoms with Crippen molar-refractivity contribution in [3.05, 3.63) is 35.9 Å². The van der Waals surface area contributed by atoms with E-state index in [0.717, 1.165) is 6.42 Å². The molecule has 1 aliphatic rings. The number of nitrogens with one attached hydrogen (secondary N) is 1. The Bertz CT molecular complexity index is 402. The van der Waals surface area contributed by atoms with E-state index in [1.807, 2.05) is 30.3 Å². The molecule has 0 radical (unpaired) electrons. The molecule has 17 heavy (non-hydrogen) atoms. The number of cyclic esters (lactones) is 2. The summed E-state index contributed by atoms with van der Waals surface area (Å²) in [5.41, 5.74) is 1.22. The van der Waals surface area contributed by atoms with Gasteiger partial charge in [0.05, 0.1) is 0 Å². The SMILES string of the molecule is O=C1CCC(NCCc2ccccc2)C(=O)O1. The summed E-state index contributed by atoms with van der Waals surface area (Å²) in [7, 11) is 0. The lowest BCUT2D eigenvalue weighted by atomic mass is 10.1. The highest BCUT2D eigenvalue weighted by atomic mass is 16.6. The second-order valence-corrected chi connectivity index (χ2v) is 4.07. The van der Waals surface area contributed by atoms with Gasteiger partial charge < -0.3 is 10.1 Å². The van der Waals surface area contributed by atoms with E-state index in [1.165, 1.54) is 5.56 Å². The zero-order valence-corrected chi connectivity index (χ0v) is 9.52. The van der Waals surface area contributed by atoms with Gasteiger partial charge in [-0.1, -0.05) is 30.3 Å². The molecule has 0 amide bonds. The lowest BCUT2D eigenvalue weighted by molar-refractivity contribution is -0.165. The van der Waals surface area contributed by atoms with E-state index in [2.05, 4.69) is 10.1 Å². The molecule has 0 bridgehead atoms. The minimum Gasteiger partial charge on any atom is -0.392 e. The second-order valence-electron chi connectivity index (χ2n) is 4.07. The monoisotopic (exact) mass is 233 g/mol. The molecule has 1 heterocycles. The summed E-state index contributed by atoms with van der Waals surface area (Å²) in [6.45, 7) is 0.706. The van der Waals surface area contributed by atoms with E-state index in [0.29, 0.717) is 19.4 Å². The number of carbonyl (C=O) groups is 2. The summed E-state index contributed by atoms with van der Waals surface area (Å²) < 4.78 is 4.56. The van der Waals surface area contributed by atoms with E-state index in [9.17, 15) is 9.59 Å². The number of ether oxygens (including phenoxy) is 1. The van der Waals surface area contributed by atoms with Crippen LogP contribution in [0.15, 0.2) is 30.3 Å². The van der Waals surface area contributed by atoms with Gasteiger partial charge in [0, 0.05) is 6.42 Å². The molecule has 0 aromatic heterocycles. The first-order valence-corrected chi connectivity index (χ1v) is 5.77. The Labute approximate surface area is 100.0 Å². The summed E-state index contributed by atoms with van der Waals surface area (Å²) in [6, 6.07) is 9.71. The van der Waals surface area contributed by atoms with Crippen LogP contribution in [0, 0.1) is 0 Å². The molecule has 90 valence electrons. The fourth-order valence-corrected chi connectivity index (χ4v) is 1.84. The van der Waals surface area contributed by atoms with Gasteiger partial charge in [0.1, 0.15) is 6.04 Å². The second kappa shape index (κ2) is 5.59. The highest BCUT2D eigenvalue weighted by Crippen LogP contribution is 2.09. The molecule has 1 saturated heterocycles. The van der Waals surface area contributed by atoms with Crippen LogP contribution in [0.5, 0.6) is 0 Å². The molecule has 4 heteroatoms. The quantitative estimate of drug-likeness (QED) is 0.624. The minimum atomic E-state index is -0.450.